The first kappa shape index (κ1) is 28.8. The number of ether oxygens (including phenoxy) is 3. The minimum atomic E-state index is -0.787. The third-order valence-corrected chi connectivity index (χ3v) is 6.39. The molecule has 0 spiro atoms. The molecule has 1 aliphatic heterocycles. The second-order valence-corrected chi connectivity index (χ2v) is 9.49. The van der Waals surface area contributed by atoms with Crippen LogP contribution >= 0.6 is 0 Å². The Balaban J connectivity index is 2.11. The SMILES string of the molecule is C=CCOc1ccc(/C(O)=C2\C(=O)C(=O)N(CCN(C)C)C2c2ccc(OCCCC)c(OC)c2)cc1C. The molecule has 8 nitrogen and oxygen atoms in total. The zero-order chi connectivity index (χ0) is 27.8. The lowest BCUT2D eigenvalue weighted by Crippen LogP contribution is -2.35. The average molecular weight is 523 g/mol. The zero-order valence-electron chi connectivity index (χ0n) is 23.0. The summed E-state index contributed by atoms with van der Waals surface area (Å²) >= 11 is 0. The molecular formula is C30H38N2O6. The van der Waals surface area contributed by atoms with E-state index in [1.807, 2.05) is 32.0 Å². The Hall–Kier alpha value is -3.78. The van der Waals surface area contributed by atoms with E-state index in [4.69, 9.17) is 14.2 Å². The minimum absolute atomic E-state index is 0.0367. The van der Waals surface area contributed by atoms with Gasteiger partial charge < -0.3 is 29.1 Å². The molecule has 2 aromatic carbocycles. The number of aryl methyl sites for hydroxylation is 1. The molecule has 1 unspecified atom stereocenters. The molecule has 1 atom stereocenters. The van der Waals surface area contributed by atoms with Gasteiger partial charge in [-0.1, -0.05) is 32.1 Å². The van der Waals surface area contributed by atoms with Crippen molar-refractivity contribution in [1.29, 1.82) is 0 Å². The number of Topliss-reactive ketones (excluding diaryl/α,β-unsaturated/α-hetero) is 1. The van der Waals surface area contributed by atoms with Crippen LogP contribution in [-0.2, 0) is 9.59 Å². The summed E-state index contributed by atoms with van der Waals surface area (Å²) in [5, 5.41) is 11.4. The fourth-order valence-corrected chi connectivity index (χ4v) is 4.33. The predicted molar refractivity (Wildman–Crippen MR) is 148 cm³/mol. The number of carbonyl (C=O) groups is 2. The maximum Gasteiger partial charge on any atom is 0.295 e. The normalized spacial score (nSPS) is 16.7. The van der Waals surface area contributed by atoms with Gasteiger partial charge in [0.25, 0.3) is 11.7 Å². The average Bonchev–Trinajstić information content (AvgIpc) is 3.15. The maximum atomic E-state index is 13.3. The van der Waals surface area contributed by atoms with Crippen LogP contribution in [-0.4, -0.2) is 74.1 Å². The van der Waals surface area contributed by atoms with Crippen molar-refractivity contribution in [2.75, 3.05) is 47.5 Å². The molecule has 0 radical (unpaired) electrons. The van der Waals surface area contributed by atoms with Gasteiger partial charge in [0.15, 0.2) is 11.5 Å². The topological polar surface area (TPSA) is 88.5 Å². The standard InChI is InChI=1S/C30H38N2O6/c1-7-9-17-38-24-13-10-21(19-25(24)36-6)27-26(29(34)30(35)32(27)15-14-31(4)5)28(33)22-11-12-23(20(3)18-22)37-16-8-2/h8,10-13,18-19,27,33H,2,7,9,14-17H2,1,3-6H3/b28-26+. The van der Waals surface area contributed by atoms with Gasteiger partial charge in [-0.15, -0.1) is 0 Å². The number of likely N-dealkylation sites (N-methyl/N-ethyl adjacent to an activating group) is 1. The molecule has 204 valence electrons. The van der Waals surface area contributed by atoms with Crippen LogP contribution < -0.4 is 14.2 Å². The van der Waals surface area contributed by atoms with Gasteiger partial charge in [0.2, 0.25) is 0 Å². The fourth-order valence-electron chi connectivity index (χ4n) is 4.33. The maximum absolute atomic E-state index is 13.3. The van der Waals surface area contributed by atoms with Gasteiger partial charge >= 0.3 is 0 Å². The molecule has 2 aromatic rings. The molecule has 38 heavy (non-hydrogen) atoms. The predicted octanol–water partition coefficient (Wildman–Crippen LogP) is 4.73. The summed E-state index contributed by atoms with van der Waals surface area (Å²) in [6.45, 7) is 9.36. The number of aliphatic hydroxyl groups is 1. The van der Waals surface area contributed by atoms with E-state index >= 15 is 0 Å². The van der Waals surface area contributed by atoms with Crippen LogP contribution in [0.5, 0.6) is 17.2 Å². The highest BCUT2D eigenvalue weighted by Gasteiger charge is 2.46. The van der Waals surface area contributed by atoms with Crippen LogP contribution in [0.3, 0.4) is 0 Å². The first-order valence-electron chi connectivity index (χ1n) is 12.8. The lowest BCUT2D eigenvalue weighted by Gasteiger charge is -2.27. The van der Waals surface area contributed by atoms with Crippen molar-refractivity contribution in [3.8, 4) is 17.2 Å². The van der Waals surface area contributed by atoms with Crippen molar-refractivity contribution in [3.05, 3.63) is 71.3 Å². The Kier molecular flexibility index (Phi) is 9.96. The fraction of sp³-hybridized carbons (Fsp3) is 0.400. The van der Waals surface area contributed by atoms with Gasteiger partial charge in [-0.25, -0.2) is 0 Å². The van der Waals surface area contributed by atoms with Crippen molar-refractivity contribution in [3.63, 3.8) is 0 Å². The number of rotatable bonds is 13. The van der Waals surface area contributed by atoms with Gasteiger partial charge in [-0.3, -0.25) is 9.59 Å². The summed E-state index contributed by atoms with van der Waals surface area (Å²) in [6.07, 6.45) is 3.56. The highest BCUT2D eigenvalue weighted by Crippen LogP contribution is 2.42. The molecule has 1 N–H and O–H groups in total. The molecule has 0 saturated carbocycles. The number of methoxy groups -OCH3 is 1. The van der Waals surface area contributed by atoms with Gasteiger partial charge in [-0.2, -0.15) is 0 Å². The molecular weight excluding hydrogens is 484 g/mol. The highest BCUT2D eigenvalue weighted by molar-refractivity contribution is 6.46. The van der Waals surface area contributed by atoms with E-state index in [1.54, 1.807) is 43.5 Å². The van der Waals surface area contributed by atoms with Crippen molar-refractivity contribution in [2.45, 2.75) is 32.7 Å². The molecule has 0 aromatic heterocycles. The summed E-state index contributed by atoms with van der Waals surface area (Å²) in [5.74, 6) is 0.118. The van der Waals surface area contributed by atoms with Crippen molar-refractivity contribution in [2.24, 2.45) is 0 Å². The summed E-state index contributed by atoms with van der Waals surface area (Å²) in [6, 6.07) is 9.73. The van der Waals surface area contributed by atoms with Gasteiger partial charge in [-0.05, 0) is 68.9 Å². The first-order valence-corrected chi connectivity index (χ1v) is 12.8. The molecule has 1 aliphatic rings. The molecule has 0 bridgehead atoms. The third kappa shape index (κ3) is 6.37. The van der Waals surface area contributed by atoms with Crippen LogP contribution in [0.1, 0.15) is 42.5 Å². The van der Waals surface area contributed by atoms with E-state index in [9.17, 15) is 14.7 Å². The number of likely N-dealkylation sites (tertiary alicyclic amines) is 1. The van der Waals surface area contributed by atoms with Crippen LogP contribution in [0, 0.1) is 6.92 Å². The second-order valence-electron chi connectivity index (χ2n) is 9.49. The largest absolute Gasteiger partial charge is 0.507 e. The van der Waals surface area contributed by atoms with Crippen LogP contribution in [0.25, 0.3) is 5.76 Å². The number of ketones is 1. The van der Waals surface area contributed by atoms with Crippen LogP contribution in [0.2, 0.25) is 0 Å². The van der Waals surface area contributed by atoms with E-state index in [2.05, 4.69) is 13.5 Å². The first-order chi connectivity index (χ1) is 18.2. The number of aliphatic hydroxyl groups excluding tert-OH is 1. The Labute approximate surface area is 225 Å². The second kappa shape index (κ2) is 13.1. The Morgan fingerprint density at radius 1 is 1.11 bits per heavy atom. The van der Waals surface area contributed by atoms with Crippen LogP contribution in [0.15, 0.2) is 54.6 Å². The van der Waals surface area contributed by atoms with Crippen LogP contribution in [0.4, 0.5) is 0 Å². The Morgan fingerprint density at radius 3 is 2.47 bits per heavy atom. The zero-order valence-corrected chi connectivity index (χ0v) is 23.0. The number of amides is 1. The molecule has 1 fully saturated rings. The van der Waals surface area contributed by atoms with E-state index < -0.39 is 17.7 Å². The Morgan fingerprint density at radius 2 is 1.84 bits per heavy atom. The quantitative estimate of drug-likeness (QED) is 0.134. The molecule has 1 heterocycles. The summed E-state index contributed by atoms with van der Waals surface area (Å²) in [4.78, 5) is 30.0. The number of nitrogens with zero attached hydrogens (tertiary/aromatic N) is 2. The molecule has 1 saturated heterocycles. The van der Waals surface area contributed by atoms with E-state index in [0.717, 1.165) is 18.4 Å². The van der Waals surface area contributed by atoms with Gasteiger partial charge in [0, 0.05) is 18.7 Å². The summed E-state index contributed by atoms with van der Waals surface area (Å²) in [5.41, 5.74) is 1.89. The van der Waals surface area contributed by atoms with E-state index in [1.165, 1.54) is 4.90 Å². The highest BCUT2D eigenvalue weighted by atomic mass is 16.5. The number of hydrogen-bond acceptors (Lipinski definition) is 7. The lowest BCUT2D eigenvalue weighted by atomic mass is 9.94. The van der Waals surface area contributed by atoms with E-state index in [-0.39, 0.29) is 11.3 Å². The third-order valence-electron chi connectivity index (χ3n) is 6.39. The molecule has 3 rings (SSSR count). The van der Waals surface area contributed by atoms with Crippen molar-refractivity contribution < 1.29 is 28.9 Å². The van der Waals surface area contributed by atoms with Crippen molar-refractivity contribution >= 4 is 17.4 Å². The number of unbranched alkanes of at least 4 members (excludes halogenated alkanes) is 1. The molecule has 0 aliphatic carbocycles. The summed E-state index contributed by atoms with van der Waals surface area (Å²) < 4.78 is 17.1. The van der Waals surface area contributed by atoms with E-state index in [0.29, 0.717) is 54.7 Å². The summed E-state index contributed by atoms with van der Waals surface area (Å²) in [7, 11) is 5.35. The van der Waals surface area contributed by atoms with Gasteiger partial charge in [0.1, 0.15) is 18.1 Å². The van der Waals surface area contributed by atoms with Crippen molar-refractivity contribution in [1.82, 2.24) is 9.80 Å². The number of benzene rings is 2. The monoisotopic (exact) mass is 522 g/mol. The minimum Gasteiger partial charge on any atom is -0.507 e. The number of carbonyl (C=O) groups excluding carboxylic acids is 2. The van der Waals surface area contributed by atoms with Gasteiger partial charge in [0.05, 0.1) is 25.3 Å². The molecule has 8 heteroatoms. The Bertz CT molecular complexity index is 1200. The number of hydrogen-bond donors (Lipinski definition) is 1. The smallest absolute Gasteiger partial charge is 0.295 e. The lowest BCUT2D eigenvalue weighted by molar-refractivity contribution is -0.140. The molecule has 1 amide bonds.